The van der Waals surface area contributed by atoms with Crippen LogP contribution in [0.15, 0.2) is 29.0 Å². The number of likely N-dealkylation sites (N-methyl/N-ethyl adjacent to an activating group) is 1. The van der Waals surface area contributed by atoms with Gasteiger partial charge in [-0.1, -0.05) is 58.7 Å². The average Bonchev–Trinajstić information content (AvgIpc) is 3.54. The first-order chi connectivity index (χ1) is 21.9. The molecule has 11 nitrogen and oxygen atoms in total. The second-order valence-corrected chi connectivity index (χ2v) is 13.3. The Hall–Kier alpha value is -3.80. The van der Waals surface area contributed by atoms with Gasteiger partial charge in [0.05, 0.1) is 11.4 Å². The van der Waals surface area contributed by atoms with E-state index in [4.69, 9.17) is 4.52 Å². The number of piperazine rings is 1. The quantitative estimate of drug-likeness (QED) is 0.334. The molecule has 1 aromatic heterocycles. The van der Waals surface area contributed by atoms with Crippen LogP contribution in [0.2, 0.25) is 0 Å². The van der Waals surface area contributed by atoms with Crippen molar-refractivity contribution in [2.24, 2.45) is 11.8 Å². The minimum atomic E-state index is -0.886. The van der Waals surface area contributed by atoms with Crippen molar-refractivity contribution < 1.29 is 28.1 Å². The Morgan fingerprint density at radius 2 is 1.70 bits per heavy atom. The number of rotatable bonds is 11. The van der Waals surface area contributed by atoms with Crippen LogP contribution in [-0.4, -0.2) is 83.9 Å². The number of benzene rings is 1. The Morgan fingerprint density at radius 3 is 2.30 bits per heavy atom. The van der Waals surface area contributed by atoms with E-state index < -0.39 is 35.6 Å². The molecule has 4 amide bonds. The monoisotopic (exact) mass is 640 g/mol. The Morgan fingerprint density at radius 1 is 1.02 bits per heavy atom. The summed E-state index contributed by atoms with van der Waals surface area (Å²) in [6.07, 6.45) is 4.87. The van der Waals surface area contributed by atoms with Gasteiger partial charge in [0.15, 0.2) is 0 Å². The van der Waals surface area contributed by atoms with Crippen molar-refractivity contribution in [2.45, 2.75) is 90.6 Å². The van der Waals surface area contributed by atoms with Gasteiger partial charge in [0.25, 0.3) is 5.91 Å². The summed E-state index contributed by atoms with van der Waals surface area (Å²) in [7, 11) is 2.00. The maximum atomic E-state index is 15.6. The van der Waals surface area contributed by atoms with Crippen LogP contribution in [0.4, 0.5) is 10.1 Å². The number of nitrogens with zero attached hydrogens (tertiary/aromatic N) is 3. The molecule has 2 aromatic rings. The highest BCUT2D eigenvalue weighted by atomic mass is 19.1. The lowest BCUT2D eigenvalue weighted by Crippen LogP contribution is -2.55. The zero-order valence-corrected chi connectivity index (χ0v) is 27.9. The predicted octanol–water partition coefficient (Wildman–Crippen LogP) is 4.27. The van der Waals surface area contributed by atoms with Crippen LogP contribution < -0.4 is 16.0 Å². The first kappa shape index (κ1) is 35.1. The summed E-state index contributed by atoms with van der Waals surface area (Å²) in [5.74, 6) is -2.27. The molecule has 0 unspecified atom stereocenters. The van der Waals surface area contributed by atoms with Gasteiger partial charge < -0.3 is 30.3 Å². The van der Waals surface area contributed by atoms with Gasteiger partial charge in [-0.3, -0.25) is 19.2 Å². The summed E-state index contributed by atoms with van der Waals surface area (Å²) in [6.45, 7) is 12.0. The predicted molar refractivity (Wildman–Crippen MR) is 173 cm³/mol. The zero-order valence-electron chi connectivity index (χ0n) is 27.9. The van der Waals surface area contributed by atoms with Gasteiger partial charge in [-0.05, 0) is 55.3 Å². The van der Waals surface area contributed by atoms with Crippen LogP contribution in [0.3, 0.4) is 0 Å². The molecule has 252 valence electrons. The molecule has 1 aromatic carbocycles. The standard InChI is InChI=1S/C34H49FN6O5/c1-7-28(42)37-30(34(45)41-16-14-40(6)15-17-41)22(5)24-12-13-27(26(35)18-24)36-33(44)31(23-10-8-21(4)9-11-23)38-32(43)25-19-46-39-29(25)20(2)3/h12-13,18-23,30-31H,7-11,14-17H2,1-6H3,(H,36,44)(H,37,42)(H,38,43)/t21-,22-,23-,30+,31-/m0/s1. The fourth-order valence-electron chi connectivity index (χ4n) is 6.29. The number of amides is 4. The molecule has 3 N–H and O–H groups in total. The first-order valence-corrected chi connectivity index (χ1v) is 16.5. The van der Waals surface area contributed by atoms with Gasteiger partial charge in [-0.25, -0.2) is 4.39 Å². The van der Waals surface area contributed by atoms with E-state index in [1.54, 1.807) is 24.8 Å². The van der Waals surface area contributed by atoms with E-state index in [0.29, 0.717) is 30.3 Å². The molecule has 3 atom stereocenters. The van der Waals surface area contributed by atoms with E-state index in [1.807, 2.05) is 20.9 Å². The van der Waals surface area contributed by atoms with Crippen molar-refractivity contribution in [1.82, 2.24) is 25.6 Å². The smallest absolute Gasteiger partial charge is 0.257 e. The lowest BCUT2D eigenvalue weighted by Gasteiger charge is -2.36. The summed E-state index contributed by atoms with van der Waals surface area (Å²) in [4.78, 5) is 56.8. The van der Waals surface area contributed by atoms with Gasteiger partial charge >= 0.3 is 0 Å². The number of anilines is 1. The normalized spacial score (nSPS) is 20.9. The molecule has 2 fully saturated rings. The first-order valence-electron chi connectivity index (χ1n) is 16.5. The van der Waals surface area contributed by atoms with Crippen molar-refractivity contribution in [3.8, 4) is 0 Å². The lowest BCUT2D eigenvalue weighted by molar-refractivity contribution is -0.138. The lowest BCUT2D eigenvalue weighted by atomic mass is 9.79. The molecule has 0 radical (unpaired) electrons. The molecule has 46 heavy (non-hydrogen) atoms. The number of carbonyl (C=O) groups is 4. The Balaban J connectivity index is 1.52. The zero-order chi connectivity index (χ0) is 33.5. The molecule has 1 saturated heterocycles. The van der Waals surface area contributed by atoms with Crippen molar-refractivity contribution in [2.75, 3.05) is 38.5 Å². The van der Waals surface area contributed by atoms with E-state index in [1.165, 1.54) is 18.4 Å². The van der Waals surface area contributed by atoms with E-state index in [2.05, 4.69) is 32.9 Å². The van der Waals surface area contributed by atoms with Crippen LogP contribution in [-0.2, 0) is 14.4 Å². The summed E-state index contributed by atoms with van der Waals surface area (Å²) < 4.78 is 20.7. The number of carbonyl (C=O) groups excluding carboxylic acids is 4. The van der Waals surface area contributed by atoms with E-state index >= 15 is 4.39 Å². The summed E-state index contributed by atoms with van der Waals surface area (Å²) in [5.41, 5.74) is 1.26. The molecule has 0 spiro atoms. The fraction of sp³-hybridized carbons (Fsp3) is 0.618. The molecule has 1 saturated carbocycles. The molecule has 1 aliphatic heterocycles. The molecule has 4 rings (SSSR count). The van der Waals surface area contributed by atoms with E-state index in [0.717, 1.165) is 38.8 Å². The van der Waals surface area contributed by atoms with Crippen LogP contribution in [0.5, 0.6) is 0 Å². The summed E-state index contributed by atoms with van der Waals surface area (Å²) >= 11 is 0. The molecule has 0 bridgehead atoms. The molecule has 1 aliphatic carbocycles. The summed E-state index contributed by atoms with van der Waals surface area (Å²) in [5, 5.41) is 12.4. The minimum Gasteiger partial charge on any atom is -0.364 e. The second kappa shape index (κ2) is 15.7. The Bertz CT molecular complexity index is 1380. The molecule has 2 heterocycles. The number of nitrogens with one attached hydrogen (secondary N) is 3. The maximum absolute atomic E-state index is 15.6. The highest BCUT2D eigenvalue weighted by Gasteiger charge is 2.35. The van der Waals surface area contributed by atoms with Crippen molar-refractivity contribution in [1.29, 1.82) is 0 Å². The third kappa shape index (κ3) is 8.51. The van der Waals surface area contributed by atoms with Crippen molar-refractivity contribution in [3.63, 3.8) is 0 Å². The number of hydrogen-bond acceptors (Lipinski definition) is 7. The van der Waals surface area contributed by atoms with Gasteiger partial charge in [-0.2, -0.15) is 0 Å². The average molecular weight is 641 g/mol. The van der Waals surface area contributed by atoms with Crippen LogP contribution in [0.25, 0.3) is 0 Å². The van der Waals surface area contributed by atoms with Gasteiger partial charge in [-0.15, -0.1) is 0 Å². The number of halogens is 1. The third-order valence-electron chi connectivity index (χ3n) is 9.49. The molecule has 2 aliphatic rings. The summed E-state index contributed by atoms with van der Waals surface area (Å²) in [6, 6.07) is 2.68. The van der Waals surface area contributed by atoms with Crippen LogP contribution >= 0.6 is 0 Å². The Labute approximate surface area is 271 Å². The van der Waals surface area contributed by atoms with Gasteiger partial charge in [0, 0.05) is 38.5 Å². The highest BCUT2D eigenvalue weighted by Crippen LogP contribution is 2.32. The molecular formula is C34H49FN6O5. The number of aromatic nitrogens is 1. The minimum absolute atomic E-state index is 0.0308. The Kier molecular flexibility index (Phi) is 11.9. The molecular weight excluding hydrogens is 591 g/mol. The van der Waals surface area contributed by atoms with Gasteiger partial charge in [0.2, 0.25) is 17.7 Å². The SMILES string of the molecule is CCC(=O)N[C@@H](C(=O)N1CCN(C)CC1)[C@@H](C)c1ccc(NC(=O)[C@@H](NC(=O)c2conc2C(C)C)[C@H]2CC[C@H](C)CC2)c(F)c1. The topological polar surface area (TPSA) is 137 Å². The van der Waals surface area contributed by atoms with E-state index in [9.17, 15) is 19.2 Å². The van der Waals surface area contributed by atoms with Crippen molar-refractivity contribution >= 4 is 29.3 Å². The van der Waals surface area contributed by atoms with Crippen LogP contribution in [0, 0.1) is 17.7 Å². The van der Waals surface area contributed by atoms with E-state index in [-0.39, 0.29) is 41.3 Å². The van der Waals surface area contributed by atoms with Crippen LogP contribution in [0.1, 0.15) is 100 Å². The van der Waals surface area contributed by atoms with Gasteiger partial charge in [0.1, 0.15) is 29.7 Å². The van der Waals surface area contributed by atoms with Crippen molar-refractivity contribution in [3.05, 3.63) is 47.1 Å². The fourth-order valence-corrected chi connectivity index (χ4v) is 6.29. The second-order valence-electron chi connectivity index (χ2n) is 13.3. The highest BCUT2D eigenvalue weighted by molar-refractivity contribution is 6.01. The third-order valence-corrected chi connectivity index (χ3v) is 9.49. The largest absolute Gasteiger partial charge is 0.364 e. The number of hydrogen-bond donors (Lipinski definition) is 3. The molecule has 12 heteroatoms. The maximum Gasteiger partial charge on any atom is 0.257 e.